The first kappa shape index (κ1) is 23.1. The maximum Gasteiger partial charge on any atom is 0.407 e. The molecule has 31 heavy (non-hydrogen) atoms. The highest BCUT2D eigenvalue weighted by molar-refractivity contribution is 6.04. The topological polar surface area (TPSA) is 90.0 Å². The van der Waals surface area contributed by atoms with Crippen molar-refractivity contribution in [3.8, 4) is 0 Å². The molecule has 170 valence electrons. The third kappa shape index (κ3) is 5.38. The number of carbonyl (C=O) groups is 3. The molecule has 1 fully saturated rings. The van der Waals surface area contributed by atoms with Crippen LogP contribution in [-0.2, 0) is 4.79 Å². The van der Waals surface area contributed by atoms with E-state index in [1.165, 1.54) is 11.3 Å². The number of hydrogen-bond acceptors (Lipinski definition) is 3. The van der Waals surface area contributed by atoms with Crippen LogP contribution in [0.2, 0.25) is 0 Å². The highest BCUT2D eigenvalue weighted by Crippen LogP contribution is 2.34. The second-order valence-electron chi connectivity index (χ2n) is 9.64. The van der Waals surface area contributed by atoms with Gasteiger partial charge in [-0.25, -0.2) is 4.79 Å². The first-order valence-corrected chi connectivity index (χ1v) is 11.4. The van der Waals surface area contributed by atoms with Crippen molar-refractivity contribution in [1.29, 1.82) is 0 Å². The molecule has 1 aromatic rings. The number of fused-ring (bicyclic) bond motifs is 1. The van der Waals surface area contributed by atoms with Crippen LogP contribution in [-0.4, -0.2) is 57.5 Å². The molecule has 1 unspecified atom stereocenters. The maximum atomic E-state index is 13.2. The smallest absolute Gasteiger partial charge is 0.407 e. The van der Waals surface area contributed by atoms with Crippen LogP contribution in [0.25, 0.3) is 0 Å². The second kappa shape index (κ2) is 9.71. The molecule has 3 rings (SSSR count). The molecule has 7 nitrogen and oxygen atoms in total. The van der Waals surface area contributed by atoms with Gasteiger partial charge in [0.15, 0.2) is 0 Å². The summed E-state index contributed by atoms with van der Waals surface area (Å²) in [6, 6.07) is 6.91. The van der Waals surface area contributed by atoms with Crippen LogP contribution in [0.1, 0.15) is 87.7 Å². The minimum absolute atomic E-state index is 0.105. The quantitative estimate of drug-likeness (QED) is 0.636. The molecule has 1 atom stereocenters. The number of amides is 3. The molecule has 2 N–H and O–H groups in total. The Bertz CT molecular complexity index is 811. The minimum Gasteiger partial charge on any atom is -0.465 e. The Morgan fingerprint density at radius 2 is 1.81 bits per heavy atom. The van der Waals surface area contributed by atoms with Crippen molar-refractivity contribution in [3.63, 3.8) is 0 Å². The number of nitrogens with one attached hydrogen (secondary N) is 1. The van der Waals surface area contributed by atoms with Crippen LogP contribution in [0.5, 0.6) is 0 Å². The molecule has 0 radical (unpaired) electrons. The van der Waals surface area contributed by atoms with Gasteiger partial charge < -0.3 is 20.2 Å². The van der Waals surface area contributed by atoms with Gasteiger partial charge in [-0.3, -0.25) is 9.59 Å². The van der Waals surface area contributed by atoms with Gasteiger partial charge in [0, 0.05) is 30.2 Å². The number of nitrogens with zero attached hydrogens (tertiary/aromatic N) is 2. The summed E-state index contributed by atoms with van der Waals surface area (Å²) in [5, 5.41) is 12.6. The van der Waals surface area contributed by atoms with E-state index in [9.17, 15) is 19.5 Å². The first-order chi connectivity index (χ1) is 14.7. The summed E-state index contributed by atoms with van der Waals surface area (Å²) in [5.41, 5.74) is 0.879. The fraction of sp³-hybridized carbons (Fsp3) is 0.625. The normalized spacial score (nSPS) is 19.3. The highest BCUT2D eigenvalue weighted by Gasteiger charge is 2.41. The average molecular weight is 430 g/mol. The van der Waals surface area contributed by atoms with E-state index in [1.807, 2.05) is 39.0 Å². The molecule has 1 heterocycles. The maximum absolute atomic E-state index is 13.2. The van der Waals surface area contributed by atoms with Gasteiger partial charge in [-0.1, -0.05) is 37.5 Å². The molecule has 0 spiro atoms. The molecule has 1 aliphatic carbocycles. The van der Waals surface area contributed by atoms with Gasteiger partial charge in [-0.05, 0) is 58.1 Å². The summed E-state index contributed by atoms with van der Waals surface area (Å²) in [4.78, 5) is 40.9. The van der Waals surface area contributed by atoms with E-state index >= 15 is 0 Å². The predicted molar refractivity (Wildman–Crippen MR) is 119 cm³/mol. The zero-order valence-electron chi connectivity index (χ0n) is 18.9. The van der Waals surface area contributed by atoms with E-state index in [-0.39, 0.29) is 17.9 Å². The predicted octanol–water partition coefficient (Wildman–Crippen LogP) is 4.19. The lowest BCUT2D eigenvalue weighted by atomic mass is 9.95. The fourth-order valence-electron chi connectivity index (χ4n) is 4.68. The van der Waals surface area contributed by atoms with E-state index in [4.69, 9.17) is 0 Å². The molecule has 1 saturated carbocycles. The van der Waals surface area contributed by atoms with Gasteiger partial charge >= 0.3 is 6.09 Å². The molecule has 0 bridgehead atoms. The number of unbranched alkanes of at least 4 members (excludes halogenated alkanes) is 1. The molecular weight excluding hydrogens is 394 g/mol. The van der Waals surface area contributed by atoms with Crippen molar-refractivity contribution in [2.24, 2.45) is 0 Å². The minimum atomic E-state index is -0.943. The van der Waals surface area contributed by atoms with Crippen LogP contribution in [0.15, 0.2) is 24.3 Å². The third-order valence-electron chi connectivity index (χ3n) is 6.33. The summed E-state index contributed by atoms with van der Waals surface area (Å²) in [5.74, 6) is -0.225. The average Bonchev–Trinajstić information content (AvgIpc) is 2.99. The molecule has 3 amide bonds. The summed E-state index contributed by atoms with van der Waals surface area (Å²) in [6.45, 7) is 6.43. The molecule has 1 aliphatic heterocycles. The highest BCUT2D eigenvalue weighted by atomic mass is 16.4. The molecule has 7 heteroatoms. The third-order valence-corrected chi connectivity index (χ3v) is 6.33. The number of rotatable bonds is 7. The van der Waals surface area contributed by atoms with Crippen molar-refractivity contribution < 1.29 is 19.5 Å². The summed E-state index contributed by atoms with van der Waals surface area (Å²) in [7, 11) is 0. The lowest BCUT2D eigenvalue weighted by molar-refractivity contribution is -0.126. The van der Waals surface area contributed by atoms with E-state index in [0.29, 0.717) is 31.5 Å². The van der Waals surface area contributed by atoms with E-state index in [2.05, 4.69) is 5.32 Å². The molecule has 0 saturated heterocycles. The van der Waals surface area contributed by atoms with Crippen LogP contribution < -0.4 is 5.32 Å². The van der Waals surface area contributed by atoms with Gasteiger partial charge in [0.25, 0.3) is 5.91 Å². The van der Waals surface area contributed by atoms with Crippen LogP contribution in [0, 0.1) is 0 Å². The number of benzene rings is 1. The van der Waals surface area contributed by atoms with E-state index in [0.717, 1.165) is 31.2 Å². The first-order valence-electron chi connectivity index (χ1n) is 11.4. The SMILES string of the molecule is CC(C)(C)N(CCCCN1C(=O)c2ccccc2C1C(=O)NC1CCCCC1)C(=O)O. The van der Waals surface area contributed by atoms with Gasteiger partial charge in [-0.15, -0.1) is 0 Å². The largest absolute Gasteiger partial charge is 0.465 e. The van der Waals surface area contributed by atoms with Crippen LogP contribution >= 0.6 is 0 Å². The lowest BCUT2D eigenvalue weighted by Crippen LogP contribution is -2.46. The Balaban J connectivity index is 1.66. The second-order valence-corrected chi connectivity index (χ2v) is 9.64. The number of carbonyl (C=O) groups excluding carboxylic acids is 2. The number of carboxylic acid groups (broad SMARTS) is 1. The zero-order valence-corrected chi connectivity index (χ0v) is 18.9. The van der Waals surface area contributed by atoms with E-state index < -0.39 is 17.7 Å². The van der Waals surface area contributed by atoms with Crippen LogP contribution in [0.3, 0.4) is 0 Å². The van der Waals surface area contributed by atoms with Gasteiger partial charge in [0.1, 0.15) is 6.04 Å². The molecular formula is C24H35N3O4. The van der Waals surface area contributed by atoms with Crippen molar-refractivity contribution >= 4 is 17.9 Å². The van der Waals surface area contributed by atoms with Gasteiger partial charge in [-0.2, -0.15) is 0 Å². The number of hydrogen-bond donors (Lipinski definition) is 2. The lowest BCUT2D eigenvalue weighted by Gasteiger charge is -2.33. The monoisotopic (exact) mass is 429 g/mol. The summed E-state index contributed by atoms with van der Waals surface area (Å²) in [6.07, 6.45) is 5.77. The van der Waals surface area contributed by atoms with E-state index in [1.54, 1.807) is 11.0 Å². The standard InChI is InChI=1S/C24H35N3O4/c1-24(2,3)27(23(30)31)16-10-9-15-26-20(18-13-7-8-14-19(18)22(26)29)21(28)25-17-11-5-4-6-12-17/h7-8,13-14,17,20H,4-6,9-12,15-16H2,1-3H3,(H,25,28)(H,30,31). The zero-order chi connectivity index (χ0) is 22.6. The Hall–Kier alpha value is -2.57. The summed E-state index contributed by atoms with van der Waals surface area (Å²) < 4.78 is 0. The molecule has 2 aliphatic rings. The van der Waals surface area contributed by atoms with Crippen molar-refractivity contribution in [3.05, 3.63) is 35.4 Å². The van der Waals surface area contributed by atoms with Crippen LogP contribution in [0.4, 0.5) is 4.79 Å². The molecule has 0 aromatic heterocycles. The Morgan fingerprint density at radius 3 is 2.45 bits per heavy atom. The fourth-order valence-corrected chi connectivity index (χ4v) is 4.68. The summed E-state index contributed by atoms with van der Waals surface area (Å²) >= 11 is 0. The Morgan fingerprint density at radius 1 is 1.13 bits per heavy atom. The van der Waals surface area contributed by atoms with Gasteiger partial charge in [0.2, 0.25) is 5.91 Å². The molecule has 1 aromatic carbocycles. The van der Waals surface area contributed by atoms with Gasteiger partial charge in [0.05, 0.1) is 0 Å². The Kier molecular flexibility index (Phi) is 7.23. The van der Waals surface area contributed by atoms with Crippen molar-refractivity contribution in [2.75, 3.05) is 13.1 Å². The van der Waals surface area contributed by atoms with Crippen molar-refractivity contribution in [1.82, 2.24) is 15.1 Å². The Labute approximate surface area is 184 Å². The van der Waals surface area contributed by atoms with Crippen molar-refractivity contribution in [2.45, 2.75) is 83.3 Å².